The molecule has 0 aliphatic heterocycles. The molecular weight excluding hydrogens is 174 g/mol. The lowest BCUT2D eigenvalue weighted by Crippen LogP contribution is -2.43. The van der Waals surface area contributed by atoms with E-state index in [9.17, 15) is 8.42 Å². The van der Waals surface area contributed by atoms with E-state index in [0.29, 0.717) is 6.54 Å². The van der Waals surface area contributed by atoms with Crippen LogP contribution in [-0.2, 0) is 9.84 Å². The number of hydrogen-bond donors (Lipinski definition) is 1. The monoisotopic (exact) mass is 191 g/mol. The molecule has 0 saturated heterocycles. The molecular formula is C8H17NO2S. The van der Waals surface area contributed by atoms with Gasteiger partial charge in [0.05, 0.1) is 4.75 Å². The summed E-state index contributed by atoms with van der Waals surface area (Å²) in [5, 5.41) is 0. The third kappa shape index (κ3) is 1.38. The lowest BCUT2D eigenvalue weighted by atomic mass is 10.1. The van der Waals surface area contributed by atoms with Crippen molar-refractivity contribution >= 4 is 9.84 Å². The molecule has 0 unspecified atom stereocenters. The van der Waals surface area contributed by atoms with Gasteiger partial charge in [-0.1, -0.05) is 19.8 Å². The highest BCUT2D eigenvalue weighted by Gasteiger charge is 2.43. The summed E-state index contributed by atoms with van der Waals surface area (Å²) in [4.78, 5) is 0. The molecule has 0 aromatic carbocycles. The molecule has 1 saturated carbocycles. The van der Waals surface area contributed by atoms with E-state index in [1.807, 2.05) is 0 Å². The van der Waals surface area contributed by atoms with E-state index in [4.69, 9.17) is 5.73 Å². The second kappa shape index (κ2) is 3.34. The minimum absolute atomic E-state index is 0.226. The maximum absolute atomic E-state index is 11.7. The minimum atomic E-state index is -2.93. The quantitative estimate of drug-likeness (QED) is 0.714. The van der Waals surface area contributed by atoms with Gasteiger partial charge in [-0.15, -0.1) is 0 Å². The van der Waals surface area contributed by atoms with Gasteiger partial charge in [0.2, 0.25) is 0 Å². The van der Waals surface area contributed by atoms with E-state index in [2.05, 4.69) is 0 Å². The lowest BCUT2D eigenvalue weighted by Gasteiger charge is -2.26. The molecule has 0 heterocycles. The van der Waals surface area contributed by atoms with Crippen LogP contribution < -0.4 is 5.73 Å². The average Bonchev–Trinajstić information content (AvgIpc) is 2.53. The molecule has 2 N–H and O–H groups in total. The zero-order chi connectivity index (χ0) is 9.24. The van der Waals surface area contributed by atoms with Crippen molar-refractivity contribution in [2.75, 3.05) is 12.3 Å². The fraction of sp³-hybridized carbons (Fsp3) is 1.00. The maximum atomic E-state index is 11.7. The number of rotatable bonds is 3. The van der Waals surface area contributed by atoms with Crippen molar-refractivity contribution in [1.82, 2.24) is 0 Å². The van der Waals surface area contributed by atoms with Crippen molar-refractivity contribution < 1.29 is 8.42 Å². The molecule has 4 heteroatoms. The molecule has 0 spiro atoms. The second-order valence-corrected chi connectivity index (χ2v) is 6.17. The topological polar surface area (TPSA) is 60.2 Å². The smallest absolute Gasteiger partial charge is 0.156 e. The number of hydrogen-bond acceptors (Lipinski definition) is 3. The van der Waals surface area contributed by atoms with Crippen LogP contribution in [0.4, 0.5) is 0 Å². The maximum Gasteiger partial charge on any atom is 0.156 e. The van der Waals surface area contributed by atoms with Crippen molar-refractivity contribution in [2.45, 2.75) is 37.4 Å². The van der Waals surface area contributed by atoms with Gasteiger partial charge in [0.1, 0.15) is 0 Å². The van der Waals surface area contributed by atoms with Crippen LogP contribution in [0.25, 0.3) is 0 Å². The van der Waals surface area contributed by atoms with Gasteiger partial charge in [-0.2, -0.15) is 0 Å². The van der Waals surface area contributed by atoms with Crippen LogP contribution in [0.5, 0.6) is 0 Å². The van der Waals surface area contributed by atoms with Gasteiger partial charge >= 0.3 is 0 Å². The number of sulfone groups is 1. The molecule has 0 radical (unpaired) electrons. The van der Waals surface area contributed by atoms with Crippen LogP contribution in [0.3, 0.4) is 0 Å². The summed E-state index contributed by atoms with van der Waals surface area (Å²) < 4.78 is 22.8. The van der Waals surface area contributed by atoms with Crippen LogP contribution in [0.15, 0.2) is 0 Å². The SMILES string of the molecule is CCS(=O)(=O)C1(CN)CCCC1. The first-order chi connectivity index (χ1) is 5.58. The minimum Gasteiger partial charge on any atom is -0.329 e. The van der Waals surface area contributed by atoms with Crippen molar-refractivity contribution in [3.63, 3.8) is 0 Å². The van der Waals surface area contributed by atoms with Gasteiger partial charge in [0, 0.05) is 12.3 Å². The largest absolute Gasteiger partial charge is 0.329 e. The fourth-order valence-electron chi connectivity index (χ4n) is 1.97. The Kier molecular flexibility index (Phi) is 2.78. The molecule has 1 aliphatic rings. The Hall–Kier alpha value is -0.0900. The van der Waals surface area contributed by atoms with Gasteiger partial charge in [-0.05, 0) is 12.8 Å². The van der Waals surface area contributed by atoms with Crippen LogP contribution in [0, 0.1) is 0 Å². The highest BCUT2D eigenvalue weighted by atomic mass is 32.2. The Morgan fingerprint density at radius 1 is 1.33 bits per heavy atom. The third-order valence-corrected chi connectivity index (χ3v) is 5.58. The summed E-state index contributed by atoms with van der Waals surface area (Å²) in [5.74, 6) is 0.226. The van der Waals surface area contributed by atoms with E-state index >= 15 is 0 Å². The summed E-state index contributed by atoms with van der Waals surface area (Å²) in [6, 6.07) is 0. The Bertz CT molecular complexity index is 240. The Morgan fingerprint density at radius 2 is 1.83 bits per heavy atom. The highest BCUT2D eigenvalue weighted by Crippen LogP contribution is 2.36. The molecule has 0 bridgehead atoms. The van der Waals surface area contributed by atoms with Crippen LogP contribution in [0.1, 0.15) is 32.6 Å². The van der Waals surface area contributed by atoms with Gasteiger partial charge in [-0.25, -0.2) is 8.42 Å². The average molecular weight is 191 g/mol. The van der Waals surface area contributed by atoms with E-state index in [1.165, 1.54) is 0 Å². The fourth-order valence-corrected chi connectivity index (χ4v) is 3.74. The molecule has 0 aromatic heterocycles. The Labute approximate surface area is 74.3 Å². The summed E-state index contributed by atoms with van der Waals surface area (Å²) in [5.41, 5.74) is 5.55. The predicted molar refractivity (Wildman–Crippen MR) is 49.7 cm³/mol. The Morgan fingerprint density at radius 3 is 2.17 bits per heavy atom. The highest BCUT2D eigenvalue weighted by molar-refractivity contribution is 7.92. The van der Waals surface area contributed by atoms with Crippen molar-refractivity contribution in [2.24, 2.45) is 5.73 Å². The molecule has 3 nitrogen and oxygen atoms in total. The lowest BCUT2D eigenvalue weighted by molar-refractivity contribution is 0.516. The predicted octanol–water partition coefficient (Wildman–Crippen LogP) is 0.693. The van der Waals surface area contributed by atoms with Crippen LogP contribution in [-0.4, -0.2) is 25.5 Å². The van der Waals surface area contributed by atoms with E-state index < -0.39 is 14.6 Å². The number of nitrogens with two attached hydrogens (primary N) is 1. The van der Waals surface area contributed by atoms with Crippen molar-refractivity contribution in [3.05, 3.63) is 0 Å². The van der Waals surface area contributed by atoms with E-state index in [1.54, 1.807) is 6.92 Å². The normalized spacial score (nSPS) is 22.8. The molecule has 72 valence electrons. The van der Waals surface area contributed by atoms with Gasteiger partial charge in [-0.3, -0.25) is 0 Å². The van der Waals surface area contributed by atoms with Crippen LogP contribution >= 0.6 is 0 Å². The standard InChI is InChI=1S/C8H17NO2S/c1-2-12(10,11)8(7-9)5-3-4-6-8/h2-7,9H2,1H3. The zero-order valence-electron chi connectivity index (χ0n) is 7.54. The molecule has 1 rings (SSSR count). The summed E-state index contributed by atoms with van der Waals surface area (Å²) in [7, 11) is -2.93. The molecule has 1 fully saturated rings. The summed E-state index contributed by atoms with van der Waals surface area (Å²) >= 11 is 0. The first-order valence-corrected chi connectivity index (χ1v) is 6.15. The zero-order valence-corrected chi connectivity index (χ0v) is 8.36. The second-order valence-electron chi connectivity index (χ2n) is 3.50. The van der Waals surface area contributed by atoms with Gasteiger partial charge < -0.3 is 5.73 Å². The van der Waals surface area contributed by atoms with Crippen LogP contribution in [0.2, 0.25) is 0 Å². The Balaban J connectivity index is 2.94. The summed E-state index contributed by atoms with van der Waals surface area (Å²) in [6.45, 7) is 1.99. The van der Waals surface area contributed by atoms with Crippen molar-refractivity contribution in [1.29, 1.82) is 0 Å². The molecule has 12 heavy (non-hydrogen) atoms. The first kappa shape index (κ1) is 9.99. The first-order valence-electron chi connectivity index (χ1n) is 4.50. The molecule has 0 amide bonds. The van der Waals surface area contributed by atoms with E-state index in [-0.39, 0.29) is 5.75 Å². The van der Waals surface area contributed by atoms with Gasteiger partial charge in [0.25, 0.3) is 0 Å². The summed E-state index contributed by atoms with van der Waals surface area (Å²) in [6.07, 6.45) is 3.55. The van der Waals surface area contributed by atoms with Gasteiger partial charge in [0.15, 0.2) is 9.84 Å². The molecule has 1 aliphatic carbocycles. The third-order valence-electron chi connectivity index (χ3n) is 2.93. The van der Waals surface area contributed by atoms with E-state index in [0.717, 1.165) is 25.7 Å². The molecule has 0 aromatic rings. The molecule has 0 atom stereocenters. The van der Waals surface area contributed by atoms with Crippen molar-refractivity contribution in [3.8, 4) is 0 Å².